The fraction of sp³-hybridized carbons (Fsp3) is 0.231. The van der Waals surface area contributed by atoms with Crippen molar-refractivity contribution in [3.8, 4) is 5.75 Å². The van der Waals surface area contributed by atoms with Crippen LogP contribution in [0.25, 0.3) is 0 Å². The number of nitrogens with zero attached hydrogens (tertiary/aromatic N) is 1. The summed E-state index contributed by atoms with van der Waals surface area (Å²) in [6, 6.07) is 21.8. The smallest absolute Gasteiger partial charge is 0.261 e. The first-order valence-electron chi connectivity index (χ1n) is 10.8. The van der Waals surface area contributed by atoms with Crippen LogP contribution in [0.1, 0.15) is 18.1 Å². The highest BCUT2D eigenvalue weighted by Crippen LogP contribution is 2.28. The number of ether oxygens (including phenoxy) is 1. The molecule has 3 aromatic rings. The van der Waals surface area contributed by atoms with Crippen LogP contribution in [0.15, 0.2) is 81.7 Å². The van der Waals surface area contributed by atoms with Crippen molar-refractivity contribution in [3.05, 3.63) is 97.9 Å². The molecule has 0 aliphatic carbocycles. The lowest BCUT2D eigenvalue weighted by atomic mass is 10.0. The van der Waals surface area contributed by atoms with Crippen LogP contribution in [0.3, 0.4) is 0 Å². The van der Waals surface area contributed by atoms with Gasteiger partial charge in [-0.15, -0.1) is 0 Å². The van der Waals surface area contributed by atoms with Gasteiger partial charge in [-0.3, -0.25) is 9.59 Å². The molecule has 0 fully saturated rings. The first kappa shape index (κ1) is 26.3. The van der Waals surface area contributed by atoms with Gasteiger partial charge in [-0.2, -0.15) is 0 Å². The third kappa shape index (κ3) is 7.58. The molecule has 3 aromatic carbocycles. The van der Waals surface area contributed by atoms with Gasteiger partial charge in [0.2, 0.25) is 5.91 Å². The maximum Gasteiger partial charge on any atom is 0.261 e. The standard InChI is InChI=1S/C26H25Br2ClN2O3/c1-2-30-26(33)23(14-18-7-4-3-5-8-18)31(16-19-9-6-10-20(27)13-19)25(32)17-34-24-12-11-21(28)15-22(24)29/h3-13,15,23H,2,14,16-17H2,1H3,(H,30,33). The summed E-state index contributed by atoms with van der Waals surface area (Å²) < 4.78 is 7.46. The number of rotatable bonds is 10. The molecule has 1 atom stereocenters. The van der Waals surface area contributed by atoms with E-state index in [-0.39, 0.29) is 25.0 Å². The average molecular weight is 609 g/mol. The Morgan fingerprint density at radius 1 is 0.971 bits per heavy atom. The molecule has 0 aliphatic rings. The van der Waals surface area contributed by atoms with Crippen molar-refractivity contribution in [3.63, 3.8) is 0 Å². The summed E-state index contributed by atoms with van der Waals surface area (Å²) in [6.45, 7) is 2.33. The number of carbonyl (C=O) groups is 2. The number of hydrogen-bond acceptors (Lipinski definition) is 3. The van der Waals surface area contributed by atoms with Crippen LogP contribution in [0.2, 0.25) is 5.02 Å². The topological polar surface area (TPSA) is 58.6 Å². The Balaban J connectivity index is 1.90. The van der Waals surface area contributed by atoms with Crippen molar-refractivity contribution in [2.45, 2.75) is 25.9 Å². The van der Waals surface area contributed by atoms with E-state index < -0.39 is 6.04 Å². The highest BCUT2D eigenvalue weighted by Gasteiger charge is 2.30. The molecule has 0 aromatic heterocycles. The van der Waals surface area contributed by atoms with Crippen LogP contribution < -0.4 is 10.1 Å². The second kappa shape index (κ2) is 12.9. The Labute approximate surface area is 221 Å². The van der Waals surface area contributed by atoms with E-state index in [0.717, 1.165) is 20.1 Å². The summed E-state index contributed by atoms with van der Waals surface area (Å²) in [4.78, 5) is 28.2. The van der Waals surface area contributed by atoms with Gasteiger partial charge in [-0.05, 0) is 48.4 Å². The molecule has 34 heavy (non-hydrogen) atoms. The SMILES string of the molecule is CCNC(=O)C(Cc1ccccc1)N(Cc1cccc(Br)c1)C(=O)COc1ccc(Br)cc1Cl. The molecule has 2 amide bonds. The van der Waals surface area contributed by atoms with E-state index in [1.54, 1.807) is 23.1 Å². The van der Waals surface area contributed by atoms with Gasteiger partial charge >= 0.3 is 0 Å². The number of likely N-dealkylation sites (N-methyl/N-ethyl adjacent to an activating group) is 1. The zero-order valence-corrected chi connectivity index (χ0v) is 22.6. The van der Waals surface area contributed by atoms with E-state index >= 15 is 0 Å². The van der Waals surface area contributed by atoms with Crippen molar-refractivity contribution in [1.82, 2.24) is 10.2 Å². The highest BCUT2D eigenvalue weighted by atomic mass is 79.9. The molecule has 0 spiro atoms. The van der Waals surface area contributed by atoms with Crippen LogP contribution in [0, 0.1) is 0 Å². The van der Waals surface area contributed by atoms with E-state index in [0.29, 0.717) is 23.7 Å². The second-order valence-corrected chi connectivity index (χ2v) is 9.85. The summed E-state index contributed by atoms with van der Waals surface area (Å²) in [5, 5.41) is 3.27. The minimum atomic E-state index is -0.710. The predicted octanol–water partition coefficient (Wildman–Crippen LogP) is 6.02. The quantitative estimate of drug-likeness (QED) is 0.306. The third-order valence-electron chi connectivity index (χ3n) is 5.11. The Bertz CT molecular complexity index is 1130. The van der Waals surface area contributed by atoms with Crippen LogP contribution >= 0.6 is 43.5 Å². The Morgan fingerprint density at radius 3 is 2.35 bits per heavy atom. The fourth-order valence-electron chi connectivity index (χ4n) is 3.49. The van der Waals surface area contributed by atoms with E-state index in [2.05, 4.69) is 37.2 Å². The number of carbonyl (C=O) groups excluding carboxylic acids is 2. The van der Waals surface area contributed by atoms with Crippen LogP contribution in [0.4, 0.5) is 0 Å². The Morgan fingerprint density at radius 2 is 1.68 bits per heavy atom. The second-order valence-electron chi connectivity index (χ2n) is 7.62. The molecule has 3 rings (SSSR count). The molecule has 0 radical (unpaired) electrons. The van der Waals surface area contributed by atoms with Crippen molar-refractivity contribution in [2.75, 3.05) is 13.2 Å². The number of nitrogens with one attached hydrogen (secondary N) is 1. The predicted molar refractivity (Wildman–Crippen MR) is 142 cm³/mol. The lowest BCUT2D eigenvalue weighted by Crippen LogP contribution is -2.51. The molecule has 1 N–H and O–H groups in total. The highest BCUT2D eigenvalue weighted by molar-refractivity contribution is 9.10. The number of hydrogen-bond donors (Lipinski definition) is 1. The van der Waals surface area contributed by atoms with Gasteiger partial charge in [0.15, 0.2) is 6.61 Å². The number of amides is 2. The summed E-state index contributed by atoms with van der Waals surface area (Å²) in [6.07, 6.45) is 0.380. The van der Waals surface area contributed by atoms with Gasteiger partial charge in [-0.1, -0.05) is 85.9 Å². The molecule has 5 nitrogen and oxygen atoms in total. The first-order valence-corrected chi connectivity index (χ1v) is 12.8. The molecule has 178 valence electrons. The van der Waals surface area contributed by atoms with Crippen molar-refractivity contribution in [2.24, 2.45) is 0 Å². The van der Waals surface area contributed by atoms with Crippen LogP contribution in [-0.4, -0.2) is 35.9 Å². The normalized spacial score (nSPS) is 11.5. The van der Waals surface area contributed by atoms with Gasteiger partial charge in [0.05, 0.1) is 5.02 Å². The average Bonchev–Trinajstić information content (AvgIpc) is 2.81. The zero-order valence-electron chi connectivity index (χ0n) is 18.6. The molecule has 0 aliphatic heterocycles. The van der Waals surface area contributed by atoms with E-state index in [1.165, 1.54) is 0 Å². The number of benzene rings is 3. The largest absolute Gasteiger partial charge is 0.482 e. The molecule has 0 saturated heterocycles. The monoisotopic (exact) mass is 606 g/mol. The molecule has 0 saturated carbocycles. The summed E-state index contributed by atoms with van der Waals surface area (Å²) in [5.74, 6) is -0.124. The summed E-state index contributed by atoms with van der Waals surface area (Å²) >= 11 is 13.1. The first-order chi connectivity index (χ1) is 16.4. The van der Waals surface area contributed by atoms with Gasteiger partial charge in [0.1, 0.15) is 11.8 Å². The van der Waals surface area contributed by atoms with Crippen LogP contribution in [-0.2, 0) is 22.6 Å². The van der Waals surface area contributed by atoms with Gasteiger partial charge in [0, 0.05) is 28.5 Å². The van der Waals surface area contributed by atoms with Crippen molar-refractivity contribution >= 4 is 55.3 Å². The van der Waals surface area contributed by atoms with Crippen LogP contribution in [0.5, 0.6) is 5.75 Å². The van der Waals surface area contributed by atoms with E-state index in [1.807, 2.05) is 61.5 Å². The third-order valence-corrected chi connectivity index (χ3v) is 6.39. The minimum Gasteiger partial charge on any atom is -0.482 e. The van der Waals surface area contributed by atoms with E-state index in [4.69, 9.17) is 16.3 Å². The van der Waals surface area contributed by atoms with E-state index in [9.17, 15) is 9.59 Å². The Hall–Kier alpha value is -2.35. The maximum absolute atomic E-state index is 13.5. The summed E-state index contributed by atoms with van der Waals surface area (Å²) in [5.41, 5.74) is 1.86. The van der Waals surface area contributed by atoms with Gasteiger partial charge in [0.25, 0.3) is 5.91 Å². The zero-order chi connectivity index (χ0) is 24.5. The summed E-state index contributed by atoms with van der Waals surface area (Å²) in [7, 11) is 0. The molecule has 8 heteroatoms. The molecule has 0 heterocycles. The van der Waals surface area contributed by atoms with Gasteiger partial charge in [-0.25, -0.2) is 0 Å². The Kier molecular flexibility index (Phi) is 9.99. The minimum absolute atomic E-state index is 0.212. The molecular formula is C26H25Br2ClN2O3. The number of halogens is 3. The van der Waals surface area contributed by atoms with Crippen molar-refractivity contribution < 1.29 is 14.3 Å². The fourth-order valence-corrected chi connectivity index (χ4v) is 4.67. The lowest BCUT2D eigenvalue weighted by molar-refractivity contribution is -0.142. The lowest BCUT2D eigenvalue weighted by Gasteiger charge is -2.31. The maximum atomic E-state index is 13.5. The van der Waals surface area contributed by atoms with Crippen molar-refractivity contribution in [1.29, 1.82) is 0 Å². The molecule has 0 bridgehead atoms. The molecular weight excluding hydrogens is 584 g/mol. The van der Waals surface area contributed by atoms with Gasteiger partial charge < -0.3 is 15.0 Å². The molecule has 1 unspecified atom stereocenters.